The molecule has 5 rings (SSSR count). The molecule has 4 aliphatic carbocycles. The van der Waals surface area contributed by atoms with Gasteiger partial charge in [0.15, 0.2) is 0 Å². The Kier molecular flexibility index (Phi) is 4.00. The number of hydrogen-bond donors (Lipinski definition) is 1. The molecule has 3 amide bonds. The van der Waals surface area contributed by atoms with Crippen molar-refractivity contribution in [3.63, 3.8) is 0 Å². The van der Waals surface area contributed by atoms with Crippen LogP contribution in [0.25, 0.3) is 0 Å². The minimum absolute atomic E-state index is 0.0518. The average molecular weight is 333 g/mol. The molecule has 1 atom stereocenters. The maximum absolute atomic E-state index is 13.4. The van der Waals surface area contributed by atoms with Crippen molar-refractivity contribution in [3.05, 3.63) is 0 Å². The summed E-state index contributed by atoms with van der Waals surface area (Å²) in [7, 11) is 3.52. The summed E-state index contributed by atoms with van der Waals surface area (Å²) in [5, 5.41) is 3.07. The van der Waals surface area contributed by atoms with Gasteiger partial charge in [-0.15, -0.1) is 0 Å². The molecule has 1 unspecified atom stereocenters. The van der Waals surface area contributed by atoms with Crippen LogP contribution >= 0.6 is 0 Å². The Bertz CT molecular complexity index is 495. The summed E-state index contributed by atoms with van der Waals surface area (Å²) < 4.78 is 0. The number of nitrogens with zero attached hydrogens (tertiary/aromatic N) is 2. The number of piperidine rings is 1. The summed E-state index contributed by atoms with van der Waals surface area (Å²) in [6.07, 6.45) is 9.46. The quantitative estimate of drug-likeness (QED) is 0.844. The van der Waals surface area contributed by atoms with Gasteiger partial charge in [-0.25, -0.2) is 4.79 Å². The van der Waals surface area contributed by atoms with Crippen molar-refractivity contribution in [2.75, 3.05) is 27.2 Å². The predicted molar refractivity (Wildman–Crippen MR) is 92.4 cm³/mol. The lowest BCUT2D eigenvalue weighted by Gasteiger charge is -2.57. The zero-order chi connectivity index (χ0) is 16.9. The van der Waals surface area contributed by atoms with E-state index in [0.717, 1.165) is 56.4 Å². The molecule has 1 heterocycles. The first-order chi connectivity index (χ1) is 11.4. The van der Waals surface area contributed by atoms with Crippen molar-refractivity contribution in [3.8, 4) is 0 Å². The highest BCUT2D eigenvalue weighted by molar-refractivity contribution is 5.83. The zero-order valence-corrected chi connectivity index (χ0v) is 15.1. The Hall–Kier alpha value is -1.26. The summed E-state index contributed by atoms with van der Waals surface area (Å²) in [6.45, 7) is 1.56. The van der Waals surface area contributed by atoms with Gasteiger partial charge >= 0.3 is 6.03 Å². The highest BCUT2D eigenvalue weighted by Gasteiger charge is 2.55. The third-order valence-electron chi connectivity index (χ3n) is 6.93. The number of urea groups is 1. The molecular weight excluding hydrogens is 302 g/mol. The molecule has 1 aliphatic heterocycles. The molecule has 1 N–H and O–H groups in total. The van der Waals surface area contributed by atoms with Gasteiger partial charge in [-0.2, -0.15) is 0 Å². The molecule has 5 heteroatoms. The number of carbonyl (C=O) groups excluding carboxylic acids is 2. The Morgan fingerprint density at radius 1 is 1.04 bits per heavy atom. The van der Waals surface area contributed by atoms with Crippen LogP contribution in [0.15, 0.2) is 0 Å². The van der Waals surface area contributed by atoms with Crippen molar-refractivity contribution in [1.29, 1.82) is 0 Å². The van der Waals surface area contributed by atoms with Crippen LogP contribution in [0.3, 0.4) is 0 Å². The molecule has 4 bridgehead atoms. The maximum atomic E-state index is 13.4. The predicted octanol–water partition coefficient (Wildman–Crippen LogP) is 2.46. The molecule has 5 aliphatic rings. The zero-order valence-electron chi connectivity index (χ0n) is 15.1. The number of carbonyl (C=O) groups is 2. The Morgan fingerprint density at radius 3 is 2.17 bits per heavy atom. The smallest absolute Gasteiger partial charge is 0.317 e. The third kappa shape index (κ3) is 2.80. The number of nitrogens with one attached hydrogen (secondary N) is 1. The number of likely N-dealkylation sites (tertiary alicyclic amines) is 1. The van der Waals surface area contributed by atoms with Gasteiger partial charge in [0.05, 0.1) is 5.41 Å². The van der Waals surface area contributed by atoms with Crippen molar-refractivity contribution in [1.82, 2.24) is 15.1 Å². The van der Waals surface area contributed by atoms with Crippen LogP contribution in [-0.4, -0.2) is 55.0 Å². The number of amides is 3. The summed E-state index contributed by atoms with van der Waals surface area (Å²) in [6, 6.07) is 0.0515. The highest BCUT2D eigenvalue weighted by atomic mass is 16.2. The second-order valence-corrected chi connectivity index (χ2v) is 9.13. The summed E-state index contributed by atoms with van der Waals surface area (Å²) in [5.41, 5.74) is -0.0534. The van der Waals surface area contributed by atoms with Gasteiger partial charge in [-0.1, -0.05) is 0 Å². The topological polar surface area (TPSA) is 52.7 Å². The highest BCUT2D eigenvalue weighted by Crippen LogP contribution is 2.60. The minimum Gasteiger partial charge on any atom is -0.340 e. The lowest BCUT2D eigenvalue weighted by Crippen LogP contribution is -2.58. The van der Waals surface area contributed by atoms with E-state index in [0.29, 0.717) is 12.5 Å². The fraction of sp³-hybridized carbons (Fsp3) is 0.895. The normalized spacial score (nSPS) is 40.5. The van der Waals surface area contributed by atoms with Crippen LogP contribution in [0, 0.1) is 23.2 Å². The van der Waals surface area contributed by atoms with Gasteiger partial charge in [0.1, 0.15) is 0 Å². The van der Waals surface area contributed by atoms with Gasteiger partial charge in [0.25, 0.3) is 0 Å². The Labute approximate surface area is 145 Å². The number of hydrogen-bond acceptors (Lipinski definition) is 2. The molecule has 0 aromatic carbocycles. The standard InChI is InChI=1S/C19H31N3O2/c1-21(2)18(24)20-16-4-3-5-22(12-16)17(23)19-9-13-6-14(10-19)8-15(7-13)11-19/h13-16H,3-12H2,1-2H3,(H,20,24). The van der Waals surface area contributed by atoms with E-state index in [1.807, 2.05) is 0 Å². The molecule has 4 saturated carbocycles. The van der Waals surface area contributed by atoms with Crippen LogP contribution in [0.4, 0.5) is 4.79 Å². The molecule has 1 saturated heterocycles. The molecule has 5 nitrogen and oxygen atoms in total. The third-order valence-corrected chi connectivity index (χ3v) is 6.93. The fourth-order valence-electron chi connectivity index (χ4n) is 6.29. The van der Waals surface area contributed by atoms with E-state index < -0.39 is 0 Å². The lowest BCUT2D eigenvalue weighted by atomic mass is 9.49. The van der Waals surface area contributed by atoms with Crippen molar-refractivity contribution < 1.29 is 9.59 Å². The van der Waals surface area contributed by atoms with Crippen LogP contribution in [0.5, 0.6) is 0 Å². The van der Waals surface area contributed by atoms with E-state index in [9.17, 15) is 9.59 Å². The van der Waals surface area contributed by atoms with Crippen molar-refractivity contribution >= 4 is 11.9 Å². The minimum atomic E-state index is -0.0534. The number of rotatable bonds is 2. The molecule has 134 valence electrons. The summed E-state index contributed by atoms with van der Waals surface area (Å²) in [5.74, 6) is 2.81. The van der Waals surface area contributed by atoms with Crippen LogP contribution < -0.4 is 5.32 Å². The molecular formula is C19H31N3O2. The first-order valence-electron chi connectivity index (χ1n) is 9.72. The maximum Gasteiger partial charge on any atom is 0.317 e. The van der Waals surface area contributed by atoms with Gasteiger partial charge in [-0.05, 0) is 69.1 Å². The van der Waals surface area contributed by atoms with E-state index in [1.54, 1.807) is 19.0 Å². The Morgan fingerprint density at radius 2 is 1.62 bits per heavy atom. The van der Waals surface area contributed by atoms with E-state index >= 15 is 0 Å². The lowest BCUT2D eigenvalue weighted by molar-refractivity contribution is -0.159. The van der Waals surface area contributed by atoms with Crippen LogP contribution in [-0.2, 0) is 4.79 Å². The fourth-order valence-corrected chi connectivity index (χ4v) is 6.29. The van der Waals surface area contributed by atoms with E-state index in [2.05, 4.69) is 10.2 Å². The molecule has 0 radical (unpaired) electrons. The molecule has 24 heavy (non-hydrogen) atoms. The van der Waals surface area contributed by atoms with Gasteiger partial charge < -0.3 is 15.1 Å². The molecule has 0 aromatic rings. The van der Waals surface area contributed by atoms with Gasteiger partial charge in [0, 0.05) is 33.2 Å². The molecule has 0 spiro atoms. The van der Waals surface area contributed by atoms with E-state index in [1.165, 1.54) is 19.3 Å². The molecule has 5 fully saturated rings. The second kappa shape index (κ2) is 5.92. The summed E-state index contributed by atoms with van der Waals surface area (Å²) in [4.78, 5) is 29.0. The largest absolute Gasteiger partial charge is 0.340 e. The van der Waals surface area contributed by atoms with E-state index in [4.69, 9.17) is 0 Å². The van der Waals surface area contributed by atoms with Gasteiger partial charge in [0.2, 0.25) is 5.91 Å². The van der Waals surface area contributed by atoms with Crippen LogP contribution in [0.2, 0.25) is 0 Å². The SMILES string of the molecule is CN(C)C(=O)NC1CCCN(C(=O)C23CC4CC(CC(C4)C2)C3)C1. The van der Waals surface area contributed by atoms with Crippen molar-refractivity contribution in [2.24, 2.45) is 23.2 Å². The summed E-state index contributed by atoms with van der Waals surface area (Å²) >= 11 is 0. The van der Waals surface area contributed by atoms with E-state index in [-0.39, 0.29) is 17.5 Å². The Balaban J connectivity index is 1.43. The van der Waals surface area contributed by atoms with Gasteiger partial charge in [-0.3, -0.25) is 4.79 Å². The average Bonchev–Trinajstić information content (AvgIpc) is 2.53. The van der Waals surface area contributed by atoms with Crippen molar-refractivity contribution in [2.45, 2.75) is 57.4 Å². The first-order valence-corrected chi connectivity index (χ1v) is 9.72. The first kappa shape index (κ1) is 16.2. The molecule has 0 aromatic heterocycles. The van der Waals surface area contributed by atoms with Crippen LogP contribution in [0.1, 0.15) is 51.4 Å². The second-order valence-electron chi connectivity index (χ2n) is 9.13. The monoisotopic (exact) mass is 333 g/mol.